The molecule has 0 aliphatic carbocycles. The van der Waals surface area contributed by atoms with Gasteiger partial charge in [-0.2, -0.15) is 0 Å². The molecule has 2 radical (unpaired) electrons. The van der Waals surface area contributed by atoms with Crippen LogP contribution in [0.15, 0.2) is 0 Å². The van der Waals surface area contributed by atoms with Crippen molar-refractivity contribution in [2.45, 2.75) is 110 Å². The highest BCUT2D eigenvalue weighted by molar-refractivity contribution is 7.47. The van der Waals surface area contributed by atoms with Gasteiger partial charge in [0.05, 0.1) is 35.8 Å². The summed E-state index contributed by atoms with van der Waals surface area (Å²) in [6, 6.07) is -0.990. The van der Waals surface area contributed by atoms with Crippen molar-refractivity contribution in [1.82, 2.24) is 0 Å². The first kappa shape index (κ1) is 34.5. The largest absolute Gasteiger partial charge is 0.472 e. The number of phosphoric acid groups is 1. The number of esters is 1. The van der Waals surface area contributed by atoms with Crippen LogP contribution in [-0.4, -0.2) is 88.8 Å². The van der Waals surface area contributed by atoms with E-state index in [0.717, 1.165) is 20.0 Å². The maximum atomic E-state index is 13.3. The number of rotatable bonds is 16. The van der Waals surface area contributed by atoms with Gasteiger partial charge >= 0.3 is 13.8 Å². The average molecular weight is 550 g/mol. The number of hydrogen-bond acceptors (Lipinski definition) is 9. The zero-order valence-electron chi connectivity index (χ0n) is 24.5. The number of ether oxygens (including phenoxy) is 5. The van der Waals surface area contributed by atoms with Gasteiger partial charge in [0, 0.05) is 21.3 Å². The minimum absolute atomic E-state index is 0.253. The minimum atomic E-state index is -4.22. The summed E-state index contributed by atoms with van der Waals surface area (Å²) in [4.78, 5) is 22.8. The topological polar surface area (TPSA) is 119 Å². The first-order valence-corrected chi connectivity index (χ1v) is 14.1. The Morgan fingerprint density at radius 3 is 2.08 bits per heavy atom. The second-order valence-electron chi connectivity index (χ2n) is 12.4. The molecule has 10 nitrogen and oxygen atoms in total. The number of hydrogen-bond donors (Lipinski definition) is 1. The molecule has 1 saturated heterocycles. The van der Waals surface area contributed by atoms with Gasteiger partial charge in [-0.25, -0.2) is 4.57 Å². The van der Waals surface area contributed by atoms with Gasteiger partial charge < -0.3 is 28.6 Å². The summed E-state index contributed by atoms with van der Waals surface area (Å²) in [7, 11) is 6.02. The molecule has 1 aliphatic heterocycles. The van der Waals surface area contributed by atoms with E-state index >= 15 is 0 Å². The van der Waals surface area contributed by atoms with Crippen LogP contribution < -0.4 is 0 Å². The van der Waals surface area contributed by atoms with Crippen LogP contribution in [0.1, 0.15) is 74.7 Å². The molecule has 1 fully saturated rings. The summed E-state index contributed by atoms with van der Waals surface area (Å²) in [5.41, 5.74) is -1.76. The predicted molar refractivity (Wildman–Crippen MR) is 140 cm³/mol. The standard InChI is InChI=1S/C25H48BO10P/c1-22(2,16-25(7,8)33-13-12-24(5,6)31-10)15-23(3,4)21(27)36-19-18(30-9)17(35-20(19)26)14-34-37(28,29)32-11/h17-20H,12-16H2,1-11H3,(H,28,29)/t17-,18+,19+,20-/m1/s1. The van der Waals surface area contributed by atoms with Gasteiger partial charge in [-0.05, 0) is 66.2 Å². The van der Waals surface area contributed by atoms with E-state index in [1.165, 1.54) is 7.11 Å². The number of phosphoric ester groups is 1. The summed E-state index contributed by atoms with van der Waals surface area (Å²) in [5.74, 6) is -0.446. The van der Waals surface area contributed by atoms with Crippen LogP contribution in [0.2, 0.25) is 0 Å². The van der Waals surface area contributed by atoms with Crippen LogP contribution in [0.3, 0.4) is 0 Å². The fourth-order valence-corrected chi connectivity index (χ4v) is 5.46. The summed E-state index contributed by atoms with van der Waals surface area (Å²) in [6.07, 6.45) is -0.515. The van der Waals surface area contributed by atoms with Crippen LogP contribution in [0.25, 0.3) is 0 Å². The Kier molecular flexibility index (Phi) is 12.3. The zero-order chi connectivity index (χ0) is 28.9. The highest BCUT2D eigenvalue weighted by Gasteiger charge is 2.48. The first-order valence-electron chi connectivity index (χ1n) is 12.6. The van der Waals surface area contributed by atoms with Crippen molar-refractivity contribution in [2.24, 2.45) is 10.8 Å². The maximum absolute atomic E-state index is 13.3. The number of methoxy groups -OCH3 is 2. The molecule has 1 N–H and O–H groups in total. The fourth-order valence-electron chi connectivity index (χ4n) is 5.02. The molecule has 5 atom stereocenters. The van der Waals surface area contributed by atoms with E-state index in [2.05, 4.69) is 32.2 Å². The molecule has 12 heteroatoms. The van der Waals surface area contributed by atoms with Gasteiger partial charge in [0.25, 0.3) is 0 Å². The molecule has 1 aliphatic rings. The number of carbonyl (C=O) groups excluding carboxylic acids is 1. The van der Waals surface area contributed by atoms with Crippen molar-refractivity contribution in [1.29, 1.82) is 0 Å². The molecule has 0 aromatic rings. The van der Waals surface area contributed by atoms with Gasteiger partial charge in [-0.3, -0.25) is 13.8 Å². The van der Waals surface area contributed by atoms with E-state index in [4.69, 9.17) is 36.1 Å². The summed E-state index contributed by atoms with van der Waals surface area (Å²) in [5, 5.41) is 0. The molecule has 0 bridgehead atoms. The van der Waals surface area contributed by atoms with Gasteiger partial charge in [0.15, 0.2) is 0 Å². The van der Waals surface area contributed by atoms with Crippen molar-refractivity contribution in [3.05, 3.63) is 0 Å². The van der Waals surface area contributed by atoms with Crippen molar-refractivity contribution >= 4 is 21.6 Å². The van der Waals surface area contributed by atoms with Crippen molar-refractivity contribution in [3.63, 3.8) is 0 Å². The highest BCUT2D eigenvalue weighted by Crippen LogP contribution is 2.44. The van der Waals surface area contributed by atoms with E-state index in [1.807, 2.05) is 27.7 Å². The molecule has 1 rings (SSSR count). The molecule has 1 heterocycles. The molecular formula is C25H48BO10P. The Hall–Kier alpha value is -0.515. The first-order chi connectivity index (χ1) is 16.7. The molecule has 0 aromatic carbocycles. The third-order valence-corrected chi connectivity index (χ3v) is 7.56. The zero-order valence-corrected chi connectivity index (χ0v) is 25.4. The highest BCUT2D eigenvalue weighted by atomic mass is 31.2. The molecule has 1 unspecified atom stereocenters. The summed E-state index contributed by atoms with van der Waals surface area (Å²) >= 11 is 0. The second-order valence-corrected chi connectivity index (χ2v) is 13.9. The Morgan fingerprint density at radius 1 is 0.973 bits per heavy atom. The second kappa shape index (κ2) is 13.2. The number of carbonyl (C=O) groups is 1. The molecule has 0 saturated carbocycles. The van der Waals surface area contributed by atoms with Crippen LogP contribution in [-0.2, 0) is 42.1 Å². The molecule has 37 heavy (non-hydrogen) atoms. The quantitative estimate of drug-likeness (QED) is 0.172. The van der Waals surface area contributed by atoms with Gasteiger partial charge in [0.1, 0.15) is 26.2 Å². The SMILES string of the molecule is [B][C@@H]1O[C@H](COP(=O)(O)OC)[C@H](OC)[C@@H]1OC(=O)C(C)(C)CC(C)(C)CC(C)(C)OCCC(C)(C)OC. The van der Waals surface area contributed by atoms with E-state index in [9.17, 15) is 14.3 Å². The molecule has 0 spiro atoms. The third kappa shape index (κ3) is 11.2. The fraction of sp³-hybridized carbons (Fsp3) is 0.960. The van der Waals surface area contributed by atoms with E-state index in [1.54, 1.807) is 7.11 Å². The lowest BCUT2D eigenvalue weighted by atomic mass is 9.70. The smallest absolute Gasteiger partial charge is 0.457 e. The lowest BCUT2D eigenvalue weighted by Crippen LogP contribution is -2.44. The van der Waals surface area contributed by atoms with Crippen LogP contribution in [0.4, 0.5) is 0 Å². The monoisotopic (exact) mass is 550 g/mol. The Labute approximate surface area is 224 Å². The maximum Gasteiger partial charge on any atom is 0.472 e. The Balaban J connectivity index is 2.79. The lowest BCUT2D eigenvalue weighted by molar-refractivity contribution is -0.168. The summed E-state index contributed by atoms with van der Waals surface area (Å²) in [6.45, 7) is 16.3. The van der Waals surface area contributed by atoms with Crippen molar-refractivity contribution in [3.8, 4) is 0 Å². The van der Waals surface area contributed by atoms with Crippen LogP contribution >= 0.6 is 7.82 Å². The van der Waals surface area contributed by atoms with Crippen LogP contribution in [0.5, 0.6) is 0 Å². The van der Waals surface area contributed by atoms with Crippen molar-refractivity contribution < 1.29 is 47.0 Å². The van der Waals surface area contributed by atoms with E-state index in [0.29, 0.717) is 13.0 Å². The van der Waals surface area contributed by atoms with Gasteiger partial charge in [-0.15, -0.1) is 0 Å². The molecule has 0 aromatic heterocycles. The van der Waals surface area contributed by atoms with Gasteiger partial charge in [-0.1, -0.05) is 13.8 Å². The Bertz CT molecular complexity index is 785. The van der Waals surface area contributed by atoms with E-state index in [-0.39, 0.29) is 17.6 Å². The normalized spacial score (nSPS) is 25.2. The Morgan fingerprint density at radius 2 is 1.57 bits per heavy atom. The van der Waals surface area contributed by atoms with E-state index < -0.39 is 49.1 Å². The predicted octanol–water partition coefficient (Wildman–Crippen LogP) is 4.01. The summed E-state index contributed by atoms with van der Waals surface area (Å²) < 4.78 is 49.5. The molecule has 216 valence electrons. The van der Waals surface area contributed by atoms with Gasteiger partial charge in [0.2, 0.25) is 0 Å². The minimum Gasteiger partial charge on any atom is -0.457 e. The molecular weight excluding hydrogens is 502 g/mol. The third-order valence-electron chi connectivity index (χ3n) is 6.62. The van der Waals surface area contributed by atoms with Crippen LogP contribution in [0, 0.1) is 10.8 Å². The van der Waals surface area contributed by atoms with Crippen molar-refractivity contribution in [2.75, 3.05) is 34.5 Å². The average Bonchev–Trinajstić information content (AvgIpc) is 3.04. The lowest BCUT2D eigenvalue weighted by Gasteiger charge is -2.40. The molecule has 0 amide bonds.